The van der Waals surface area contributed by atoms with E-state index in [1.165, 1.54) is 11.3 Å². The van der Waals surface area contributed by atoms with Gasteiger partial charge in [0.25, 0.3) is 0 Å². The molecule has 0 saturated carbocycles. The van der Waals surface area contributed by atoms with E-state index in [0.29, 0.717) is 5.13 Å². The van der Waals surface area contributed by atoms with Gasteiger partial charge in [-0.2, -0.15) is 0 Å². The van der Waals surface area contributed by atoms with Gasteiger partial charge in [-0.1, -0.05) is 0 Å². The number of carbonyl (C=O) groups excluding carboxylic acids is 1. The summed E-state index contributed by atoms with van der Waals surface area (Å²) in [5, 5.41) is 10.9. The lowest BCUT2D eigenvalue weighted by Crippen LogP contribution is -2.34. The summed E-state index contributed by atoms with van der Waals surface area (Å²) < 4.78 is 1.06. The highest BCUT2D eigenvalue weighted by Gasteiger charge is 2.21. The van der Waals surface area contributed by atoms with Crippen molar-refractivity contribution in [1.82, 2.24) is 10.3 Å². The van der Waals surface area contributed by atoms with E-state index in [0.717, 1.165) is 41.0 Å². The van der Waals surface area contributed by atoms with Crippen LogP contribution >= 0.6 is 51.0 Å². The topological polar surface area (TPSA) is 54.0 Å². The first-order valence-corrected chi connectivity index (χ1v) is 8.99. The first kappa shape index (κ1) is 16.9. The van der Waals surface area contributed by atoms with E-state index in [4.69, 9.17) is 0 Å². The minimum absolute atomic E-state index is 0. The molecule has 0 unspecified atom stereocenters. The monoisotopic (exact) mass is 407 g/mol. The third-order valence-corrected chi connectivity index (χ3v) is 5.74. The van der Waals surface area contributed by atoms with Crippen molar-refractivity contribution in [3.63, 3.8) is 0 Å². The highest BCUT2D eigenvalue weighted by Crippen LogP contribution is 2.32. The first-order chi connectivity index (χ1) is 9.72. The maximum absolute atomic E-state index is 12.1. The Morgan fingerprint density at radius 3 is 2.76 bits per heavy atom. The SMILES string of the molecule is Cl.O=C(Nc1nc(-c2cc(Br)cs2)cs1)C1CCNCC1. The molecule has 0 radical (unpaired) electrons. The molecule has 1 aliphatic heterocycles. The van der Waals surface area contributed by atoms with Crippen LogP contribution in [0.5, 0.6) is 0 Å². The Morgan fingerprint density at radius 1 is 1.33 bits per heavy atom. The Balaban J connectivity index is 0.00000161. The molecule has 0 atom stereocenters. The number of hydrogen-bond donors (Lipinski definition) is 2. The van der Waals surface area contributed by atoms with Crippen LogP contribution in [0.4, 0.5) is 5.13 Å². The Hall–Kier alpha value is -0.470. The lowest BCUT2D eigenvalue weighted by molar-refractivity contribution is -0.120. The summed E-state index contributed by atoms with van der Waals surface area (Å²) in [5.41, 5.74) is 0.923. The van der Waals surface area contributed by atoms with Gasteiger partial charge in [-0.05, 0) is 47.9 Å². The molecular formula is C13H15BrClN3OS2. The second kappa shape index (κ2) is 7.69. The summed E-state index contributed by atoms with van der Waals surface area (Å²) in [6, 6.07) is 2.04. The van der Waals surface area contributed by atoms with Crippen molar-refractivity contribution in [2.75, 3.05) is 18.4 Å². The number of nitrogens with zero attached hydrogens (tertiary/aromatic N) is 1. The van der Waals surface area contributed by atoms with E-state index in [1.54, 1.807) is 11.3 Å². The van der Waals surface area contributed by atoms with Crippen molar-refractivity contribution in [1.29, 1.82) is 0 Å². The quantitative estimate of drug-likeness (QED) is 0.807. The third kappa shape index (κ3) is 4.26. The van der Waals surface area contributed by atoms with Gasteiger partial charge in [0, 0.05) is 21.2 Å². The van der Waals surface area contributed by atoms with Crippen molar-refractivity contribution < 1.29 is 4.79 Å². The standard InChI is InChI=1S/C13H14BrN3OS2.ClH/c14-9-5-11(19-6-9)10-7-20-13(16-10)17-12(18)8-1-3-15-4-2-8;/h5-8,15H,1-4H2,(H,16,17,18);1H. The highest BCUT2D eigenvalue weighted by atomic mass is 79.9. The number of thiophene rings is 1. The zero-order chi connectivity index (χ0) is 13.9. The minimum Gasteiger partial charge on any atom is -0.317 e. The first-order valence-electron chi connectivity index (χ1n) is 6.44. The molecule has 0 aliphatic carbocycles. The van der Waals surface area contributed by atoms with Gasteiger partial charge in [0.2, 0.25) is 5.91 Å². The van der Waals surface area contributed by atoms with E-state index in [1.807, 2.05) is 16.8 Å². The molecule has 0 aromatic carbocycles. The Labute approximate surface area is 145 Å². The highest BCUT2D eigenvalue weighted by molar-refractivity contribution is 9.10. The zero-order valence-electron chi connectivity index (χ0n) is 11.1. The van der Waals surface area contributed by atoms with E-state index < -0.39 is 0 Å². The Morgan fingerprint density at radius 2 is 2.10 bits per heavy atom. The molecule has 21 heavy (non-hydrogen) atoms. The molecule has 0 spiro atoms. The number of thiazole rings is 1. The number of rotatable bonds is 3. The number of piperidine rings is 1. The maximum atomic E-state index is 12.1. The summed E-state index contributed by atoms with van der Waals surface area (Å²) in [6.07, 6.45) is 1.81. The second-order valence-electron chi connectivity index (χ2n) is 4.68. The molecule has 2 N–H and O–H groups in total. The van der Waals surface area contributed by atoms with Crippen molar-refractivity contribution in [3.8, 4) is 10.6 Å². The van der Waals surface area contributed by atoms with Crippen molar-refractivity contribution in [3.05, 3.63) is 21.3 Å². The van der Waals surface area contributed by atoms with Gasteiger partial charge in [-0.3, -0.25) is 4.79 Å². The number of hydrogen-bond acceptors (Lipinski definition) is 5. The summed E-state index contributed by atoms with van der Waals surface area (Å²) in [4.78, 5) is 17.7. The van der Waals surface area contributed by atoms with Gasteiger partial charge in [0.15, 0.2) is 5.13 Å². The molecule has 2 aromatic rings. The van der Waals surface area contributed by atoms with Crippen LogP contribution in [0.3, 0.4) is 0 Å². The molecule has 114 valence electrons. The van der Waals surface area contributed by atoms with Crippen LogP contribution in [0.2, 0.25) is 0 Å². The van der Waals surface area contributed by atoms with Crippen LogP contribution in [0.1, 0.15) is 12.8 Å². The number of nitrogens with one attached hydrogen (secondary N) is 2. The fourth-order valence-corrected chi connectivity index (χ4v) is 4.36. The number of halogens is 2. The van der Waals surface area contributed by atoms with Crippen LogP contribution in [0, 0.1) is 5.92 Å². The number of amides is 1. The van der Waals surface area contributed by atoms with E-state index in [2.05, 4.69) is 31.5 Å². The molecular weight excluding hydrogens is 394 g/mol. The average molecular weight is 409 g/mol. The summed E-state index contributed by atoms with van der Waals surface area (Å²) in [6.45, 7) is 1.84. The number of aromatic nitrogens is 1. The van der Waals surface area contributed by atoms with Gasteiger partial charge in [0.05, 0.1) is 10.6 Å². The normalized spacial score (nSPS) is 15.5. The van der Waals surface area contributed by atoms with E-state index in [-0.39, 0.29) is 24.2 Å². The summed E-state index contributed by atoms with van der Waals surface area (Å²) >= 11 is 6.56. The molecule has 8 heteroatoms. The lowest BCUT2D eigenvalue weighted by Gasteiger charge is -2.20. The van der Waals surface area contributed by atoms with Crippen molar-refractivity contribution in [2.24, 2.45) is 5.92 Å². The maximum Gasteiger partial charge on any atom is 0.229 e. The Bertz CT molecular complexity index is 610. The molecule has 2 aromatic heterocycles. The van der Waals surface area contributed by atoms with Gasteiger partial charge in [-0.15, -0.1) is 35.1 Å². The van der Waals surface area contributed by atoms with Gasteiger partial charge in [0.1, 0.15) is 0 Å². The number of carbonyl (C=O) groups is 1. The van der Waals surface area contributed by atoms with Crippen molar-refractivity contribution in [2.45, 2.75) is 12.8 Å². The van der Waals surface area contributed by atoms with Crippen LogP contribution in [-0.2, 0) is 4.79 Å². The molecule has 3 heterocycles. The van der Waals surface area contributed by atoms with Gasteiger partial charge < -0.3 is 10.6 Å². The second-order valence-corrected chi connectivity index (χ2v) is 7.37. The molecule has 1 saturated heterocycles. The molecule has 1 aliphatic rings. The van der Waals surface area contributed by atoms with Crippen LogP contribution in [0.15, 0.2) is 21.3 Å². The van der Waals surface area contributed by atoms with Crippen LogP contribution in [-0.4, -0.2) is 24.0 Å². The third-order valence-electron chi connectivity index (χ3n) is 3.26. The van der Waals surface area contributed by atoms with Crippen LogP contribution < -0.4 is 10.6 Å². The van der Waals surface area contributed by atoms with Crippen LogP contribution in [0.25, 0.3) is 10.6 Å². The van der Waals surface area contributed by atoms with E-state index in [9.17, 15) is 4.79 Å². The van der Waals surface area contributed by atoms with E-state index >= 15 is 0 Å². The fraction of sp³-hybridized carbons (Fsp3) is 0.385. The predicted molar refractivity (Wildman–Crippen MR) is 94.6 cm³/mol. The predicted octanol–water partition coefficient (Wildman–Crippen LogP) is 3.99. The lowest BCUT2D eigenvalue weighted by atomic mass is 9.97. The largest absolute Gasteiger partial charge is 0.317 e. The molecule has 1 amide bonds. The van der Waals surface area contributed by atoms with Gasteiger partial charge in [-0.25, -0.2) is 4.98 Å². The van der Waals surface area contributed by atoms with Gasteiger partial charge >= 0.3 is 0 Å². The molecule has 4 nitrogen and oxygen atoms in total. The average Bonchev–Trinajstić information content (AvgIpc) is 3.09. The minimum atomic E-state index is 0. The molecule has 3 rings (SSSR count). The molecule has 1 fully saturated rings. The zero-order valence-corrected chi connectivity index (χ0v) is 15.1. The molecule has 0 bridgehead atoms. The number of anilines is 1. The summed E-state index contributed by atoms with van der Waals surface area (Å²) in [5.74, 6) is 0.208. The fourth-order valence-electron chi connectivity index (χ4n) is 2.18. The smallest absolute Gasteiger partial charge is 0.229 e. The van der Waals surface area contributed by atoms with Crippen molar-refractivity contribution >= 4 is 62.0 Å². The Kier molecular flexibility index (Phi) is 6.19. The summed E-state index contributed by atoms with van der Waals surface area (Å²) in [7, 11) is 0.